The molecule has 1 N–H and O–H groups in total. The molecule has 220 valence electrons. The van der Waals surface area contributed by atoms with E-state index in [4.69, 9.17) is 9.15 Å². The Labute approximate surface area is 246 Å². The SMILES string of the molecule is Cc1oc(-c2ccc(C(F)(F)F)cc2)nc1Cn1c(C)c(C(=O)[C@@H]2OC3(CCNCC3)c3ccccc32)c2ccccc21. The number of alkyl halides is 3. The Hall–Kier alpha value is -4.21. The fourth-order valence-corrected chi connectivity index (χ4v) is 6.63. The molecule has 0 aliphatic carbocycles. The van der Waals surface area contributed by atoms with Crippen LogP contribution in [0.4, 0.5) is 13.2 Å². The number of ketones is 1. The summed E-state index contributed by atoms with van der Waals surface area (Å²) in [7, 11) is 0. The van der Waals surface area contributed by atoms with Crippen molar-refractivity contribution in [3.05, 3.63) is 112 Å². The molecule has 1 atom stereocenters. The number of halogens is 3. The van der Waals surface area contributed by atoms with Crippen LogP contribution >= 0.6 is 0 Å². The normalized spacial score (nSPS) is 17.9. The highest BCUT2D eigenvalue weighted by Crippen LogP contribution is 2.50. The summed E-state index contributed by atoms with van der Waals surface area (Å²) in [5.74, 6) is 0.730. The standard InChI is InChI=1S/C34H30F3N3O3/c1-20-29(30(41)31-24-7-3-5-9-26(24)33(43-31)15-17-38-18-16-33)25-8-4-6-10-28(25)40(20)19-27-21(2)42-32(39-27)22-11-13-23(14-12-22)34(35,36)37/h3-14,31,38H,15-19H2,1-2H3/t31-/m1/s1. The fraction of sp³-hybridized carbons (Fsp3) is 0.294. The summed E-state index contributed by atoms with van der Waals surface area (Å²) in [5.41, 5.74) is 4.20. The molecular formula is C34H30F3N3O3. The third-order valence-corrected chi connectivity index (χ3v) is 8.86. The summed E-state index contributed by atoms with van der Waals surface area (Å²) in [6.45, 7) is 5.71. The van der Waals surface area contributed by atoms with Crippen LogP contribution in [0.1, 0.15) is 63.1 Å². The minimum absolute atomic E-state index is 0.0716. The van der Waals surface area contributed by atoms with E-state index in [2.05, 4.69) is 16.4 Å². The molecule has 2 aliphatic heterocycles. The van der Waals surface area contributed by atoms with Crippen molar-refractivity contribution in [3.8, 4) is 11.5 Å². The average molecular weight is 586 g/mol. The maximum absolute atomic E-state index is 14.4. The molecule has 6 nitrogen and oxygen atoms in total. The zero-order chi connectivity index (χ0) is 29.9. The number of piperidine rings is 1. The number of hydrogen-bond donors (Lipinski definition) is 1. The van der Waals surface area contributed by atoms with Crippen LogP contribution in [0.3, 0.4) is 0 Å². The Balaban J connectivity index is 1.25. The number of nitrogens with one attached hydrogen (secondary N) is 1. The highest BCUT2D eigenvalue weighted by molar-refractivity contribution is 6.12. The first-order valence-electron chi connectivity index (χ1n) is 14.4. The second-order valence-electron chi connectivity index (χ2n) is 11.4. The van der Waals surface area contributed by atoms with Gasteiger partial charge in [-0.25, -0.2) is 4.98 Å². The van der Waals surface area contributed by atoms with Gasteiger partial charge in [-0.15, -0.1) is 0 Å². The van der Waals surface area contributed by atoms with E-state index in [-0.39, 0.29) is 11.7 Å². The lowest BCUT2D eigenvalue weighted by Gasteiger charge is -2.34. The molecule has 5 aromatic rings. The van der Waals surface area contributed by atoms with Crippen molar-refractivity contribution in [1.29, 1.82) is 0 Å². The Kier molecular flexibility index (Phi) is 6.55. The van der Waals surface area contributed by atoms with Crippen LogP contribution in [0.15, 0.2) is 77.2 Å². The van der Waals surface area contributed by atoms with Crippen LogP contribution in [-0.2, 0) is 23.1 Å². The van der Waals surface area contributed by atoms with Crippen molar-refractivity contribution in [2.45, 2.75) is 51.1 Å². The number of aromatic nitrogens is 2. The number of nitrogens with zero attached hydrogens (tertiary/aromatic N) is 2. The molecule has 0 saturated carbocycles. The second-order valence-corrected chi connectivity index (χ2v) is 11.4. The van der Waals surface area contributed by atoms with E-state index < -0.39 is 23.4 Å². The van der Waals surface area contributed by atoms with E-state index in [1.807, 2.05) is 54.0 Å². The van der Waals surface area contributed by atoms with Crippen LogP contribution in [0.25, 0.3) is 22.4 Å². The van der Waals surface area contributed by atoms with Crippen LogP contribution < -0.4 is 5.32 Å². The molecule has 3 aromatic carbocycles. The van der Waals surface area contributed by atoms with Crippen LogP contribution in [0.2, 0.25) is 0 Å². The molecule has 2 aromatic heterocycles. The number of rotatable bonds is 5. The maximum atomic E-state index is 14.4. The highest BCUT2D eigenvalue weighted by Gasteiger charge is 2.48. The quantitative estimate of drug-likeness (QED) is 0.216. The lowest BCUT2D eigenvalue weighted by Crippen LogP contribution is -2.40. The lowest BCUT2D eigenvalue weighted by atomic mass is 9.83. The first-order chi connectivity index (χ1) is 20.7. The maximum Gasteiger partial charge on any atom is 0.416 e. The smallest absolute Gasteiger partial charge is 0.416 e. The molecule has 0 unspecified atom stereocenters. The van der Waals surface area contributed by atoms with E-state index in [1.165, 1.54) is 12.1 Å². The van der Waals surface area contributed by atoms with Crippen molar-refractivity contribution in [2.75, 3.05) is 13.1 Å². The van der Waals surface area contributed by atoms with Crippen LogP contribution in [-0.4, -0.2) is 28.4 Å². The van der Waals surface area contributed by atoms with Gasteiger partial charge in [-0.3, -0.25) is 4.79 Å². The molecular weight excluding hydrogens is 555 g/mol. The lowest BCUT2D eigenvalue weighted by molar-refractivity contribution is -0.137. The number of carbonyl (C=O) groups excluding carboxylic acids is 1. The molecule has 1 spiro atoms. The molecule has 7 rings (SSSR count). The van der Waals surface area contributed by atoms with E-state index in [1.54, 1.807) is 6.92 Å². The van der Waals surface area contributed by atoms with Gasteiger partial charge in [0.15, 0.2) is 5.78 Å². The van der Waals surface area contributed by atoms with E-state index in [9.17, 15) is 18.0 Å². The van der Waals surface area contributed by atoms with Gasteiger partial charge in [0.2, 0.25) is 5.89 Å². The number of benzene rings is 3. The minimum Gasteiger partial charge on any atom is -0.441 e. The summed E-state index contributed by atoms with van der Waals surface area (Å²) >= 11 is 0. The summed E-state index contributed by atoms with van der Waals surface area (Å²) < 4.78 is 53.8. The number of oxazole rings is 1. The van der Waals surface area contributed by atoms with Gasteiger partial charge in [0.05, 0.1) is 17.7 Å². The molecule has 1 saturated heterocycles. The van der Waals surface area contributed by atoms with Gasteiger partial charge < -0.3 is 19.0 Å². The second kappa shape index (κ2) is 10.2. The minimum atomic E-state index is -4.42. The van der Waals surface area contributed by atoms with E-state index >= 15 is 0 Å². The van der Waals surface area contributed by atoms with Crippen molar-refractivity contribution in [3.63, 3.8) is 0 Å². The topological polar surface area (TPSA) is 69.3 Å². The highest BCUT2D eigenvalue weighted by atomic mass is 19.4. The number of aryl methyl sites for hydroxylation is 1. The molecule has 0 bridgehead atoms. The molecule has 4 heterocycles. The zero-order valence-electron chi connectivity index (χ0n) is 23.8. The fourth-order valence-electron chi connectivity index (χ4n) is 6.63. The largest absolute Gasteiger partial charge is 0.441 e. The van der Waals surface area contributed by atoms with Crippen molar-refractivity contribution < 1.29 is 27.1 Å². The predicted octanol–water partition coefficient (Wildman–Crippen LogP) is 7.51. The number of carbonyl (C=O) groups is 1. The summed E-state index contributed by atoms with van der Waals surface area (Å²) in [6, 6.07) is 20.6. The average Bonchev–Trinajstić information content (AvgIpc) is 3.63. The van der Waals surface area contributed by atoms with Gasteiger partial charge in [-0.2, -0.15) is 13.2 Å². The van der Waals surface area contributed by atoms with Crippen LogP contribution in [0, 0.1) is 13.8 Å². The summed E-state index contributed by atoms with van der Waals surface area (Å²) in [6.07, 6.45) is -3.51. The van der Waals surface area contributed by atoms with Gasteiger partial charge in [0.25, 0.3) is 0 Å². The number of ether oxygens (including phenoxy) is 1. The van der Waals surface area contributed by atoms with E-state index in [0.29, 0.717) is 29.1 Å². The molecule has 1 fully saturated rings. The molecule has 0 radical (unpaired) electrons. The van der Waals surface area contributed by atoms with E-state index in [0.717, 1.165) is 65.8 Å². The third kappa shape index (κ3) is 4.58. The van der Waals surface area contributed by atoms with Crippen molar-refractivity contribution >= 4 is 16.7 Å². The van der Waals surface area contributed by atoms with Gasteiger partial charge in [-0.1, -0.05) is 42.5 Å². The van der Waals surface area contributed by atoms with Gasteiger partial charge in [0, 0.05) is 27.7 Å². The third-order valence-electron chi connectivity index (χ3n) is 8.86. The number of Topliss-reactive ketones (excluding diaryl/α,β-unsaturated/α-hetero) is 1. The van der Waals surface area contributed by atoms with Crippen molar-refractivity contribution in [2.24, 2.45) is 0 Å². The monoisotopic (exact) mass is 585 g/mol. The zero-order valence-corrected chi connectivity index (χ0v) is 23.8. The first kappa shape index (κ1) is 27.6. The Morgan fingerprint density at radius 2 is 1.70 bits per heavy atom. The summed E-state index contributed by atoms with van der Waals surface area (Å²) in [5, 5.41) is 4.23. The number of fused-ring (bicyclic) bond motifs is 3. The number of hydrogen-bond acceptors (Lipinski definition) is 5. The van der Waals surface area contributed by atoms with Crippen molar-refractivity contribution in [1.82, 2.24) is 14.9 Å². The summed E-state index contributed by atoms with van der Waals surface area (Å²) in [4.78, 5) is 19.1. The Morgan fingerprint density at radius 1 is 1.00 bits per heavy atom. The van der Waals surface area contributed by atoms with Gasteiger partial charge in [0.1, 0.15) is 17.6 Å². The molecule has 9 heteroatoms. The first-order valence-corrected chi connectivity index (χ1v) is 14.4. The Morgan fingerprint density at radius 3 is 2.44 bits per heavy atom. The predicted molar refractivity (Wildman–Crippen MR) is 156 cm³/mol. The van der Waals surface area contributed by atoms with Gasteiger partial charge in [-0.05, 0) is 81.2 Å². The van der Waals surface area contributed by atoms with Gasteiger partial charge >= 0.3 is 6.18 Å². The van der Waals surface area contributed by atoms with Crippen LogP contribution in [0.5, 0.6) is 0 Å². The molecule has 2 aliphatic rings. The Bertz CT molecular complexity index is 1850. The number of para-hydroxylation sites is 1. The molecule has 0 amide bonds. The molecule has 43 heavy (non-hydrogen) atoms.